The van der Waals surface area contributed by atoms with E-state index in [1.54, 1.807) is 0 Å². The molecule has 0 spiro atoms. The zero-order chi connectivity index (χ0) is 12.0. The summed E-state index contributed by atoms with van der Waals surface area (Å²) in [5.74, 6) is 1.58. The molecule has 2 unspecified atom stereocenters. The zero-order valence-corrected chi connectivity index (χ0v) is 10.8. The third-order valence-corrected chi connectivity index (χ3v) is 3.05. The van der Waals surface area contributed by atoms with Gasteiger partial charge in [0.1, 0.15) is 12.4 Å². The molecular formula is C14H23NO. The molecule has 0 saturated heterocycles. The summed E-state index contributed by atoms with van der Waals surface area (Å²) in [6, 6.07) is 8.82. The Bertz CT molecular complexity index is 294. The van der Waals surface area contributed by atoms with Crippen LogP contribution in [0, 0.1) is 0 Å². The Morgan fingerprint density at radius 3 is 2.31 bits per heavy atom. The molecule has 1 rings (SSSR count). The predicted molar refractivity (Wildman–Crippen MR) is 69.2 cm³/mol. The average molecular weight is 221 g/mol. The minimum absolute atomic E-state index is 0.384. The molecule has 0 radical (unpaired) electrons. The van der Waals surface area contributed by atoms with Gasteiger partial charge in [-0.05, 0) is 44.0 Å². The number of hydrogen-bond donors (Lipinski definition) is 1. The lowest BCUT2D eigenvalue weighted by Gasteiger charge is -2.13. The smallest absolute Gasteiger partial charge is 0.119 e. The van der Waals surface area contributed by atoms with Crippen molar-refractivity contribution in [1.82, 2.24) is 5.32 Å². The maximum Gasteiger partial charge on any atom is 0.119 e. The highest BCUT2D eigenvalue weighted by Crippen LogP contribution is 2.21. The number of nitrogens with one attached hydrogen (secondary N) is 1. The van der Waals surface area contributed by atoms with E-state index < -0.39 is 0 Å². The monoisotopic (exact) mass is 221 g/mol. The lowest BCUT2D eigenvalue weighted by Crippen LogP contribution is -2.28. The fourth-order valence-electron chi connectivity index (χ4n) is 1.43. The Labute approximate surface area is 99.0 Å². The van der Waals surface area contributed by atoms with E-state index in [0.717, 1.165) is 5.75 Å². The normalized spacial score (nSPS) is 14.5. The lowest BCUT2D eigenvalue weighted by atomic mass is 9.99. The van der Waals surface area contributed by atoms with Crippen LogP contribution in [0.4, 0.5) is 0 Å². The summed E-state index contributed by atoms with van der Waals surface area (Å²) >= 11 is 0. The Hall–Kier alpha value is -1.02. The van der Waals surface area contributed by atoms with Crippen molar-refractivity contribution in [1.29, 1.82) is 0 Å². The quantitative estimate of drug-likeness (QED) is 0.796. The zero-order valence-electron chi connectivity index (χ0n) is 10.8. The van der Waals surface area contributed by atoms with Crippen LogP contribution in [0.3, 0.4) is 0 Å². The van der Waals surface area contributed by atoms with Crippen molar-refractivity contribution >= 4 is 0 Å². The van der Waals surface area contributed by atoms with Crippen LogP contribution in [0.5, 0.6) is 5.75 Å². The standard InChI is InChI=1S/C14H23NO/c1-5-11(2)13-6-8-14(9-7-13)16-10-12(3)15-4/h6-9,11-12,15H,5,10H2,1-4H3. The van der Waals surface area contributed by atoms with Gasteiger partial charge in [0.2, 0.25) is 0 Å². The molecule has 1 aromatic rings. The third kappa shape index (κ3) is 3.86. The first kappa shape index (κ1) is 13.0. The van der Waals surface area contributed by atoms with Crippen molar-refractivity contribution in [2.45, 2.75) is 39.2 Å². The second-order valence-corrected chi connectivity index (χ2v) is 4.38. The maximum atomic E-state index is 5.66. The van der Waals surface area contributed by atoms with Gasteiger partial charge in [-0.15, -0.1) is 0 Å². The van der Waals surface area contributed by atoms with Gasteiger partial charge in [0.25, 0.3) is 0 Å². The van der Waals surface area contributed by atoms with Crippen LogP contribution >= 0.6 is 0 Å². The summed E-state index contributed by atoms with van der Waals surface area (Å²) < 4.78 is 5.66. The second kappa shape index (κ2) is 6.54. The molecule has 0 aliphatic heterocycles. The van der Waals surface area contributed by atoms with Gasteiger partial charge in [0.15, 0.2) is 0 Å². The topological polar surface area (TPSA) is 21.3 Å². The summed E-state index contributed by atoms with van der Waals surface area (Å²) in [6.07, 6.45) is 1.18. The third-order valence-electron chi connectivity index (χ3n) is 3.05. The molecule has 0 saturated carbocycles. The Morgan fingerprint density at radius 2 is 1.81 bits per heavy atom. The van der Waals surface area contributed by atoms with Gasteiger partial charge in [-0.25, -0.2) is 0 Å². The van der Waals surface area contributed by atoms with Crippen molar-refractivity contribution in [2.75, 3.05) is 13.7 Å². The van der Waals surface area contributed by atoms with Crippen LogP contribution in [0.1, 0.15) is 38.7 Å². The molecule has 0 aliphatic carbocycles. The van der Waals surface area contributed by atoms with Gasteiger partial charge in [0, 0.05) is 6.04 Å². The number of likely N-dealkylation sites (N-methyl/N-ethyl adjacent to an activating group) is 1. The molecule has 0 bridgehead atoms. The van der Waals surface area contributed by atoms with E-state index in [2.05, 4.69) is 50.4 Å². The Kier molecular flexibility index (Phi) is 5.33. The van der Waals surface area contributed by atoms with Gasteiger partial charge in [0.05, 0.1) is 0 Å². The van der Waals surface area contributed by atoms with Gasteiger partial charge >= 0.3 is 0 Å². The summed E-state index contributed by atoms with van der Waals surface area (Å²) in [5, 5.41) is 3.15. The highest BCUT2D eigenvalue weighted by Gasteiger charge is 2.03. The van der Waals surface area contributed by atoms with Crippen LogP contribution in [0.25, 0.3) is 0 Å². The van der Waals surface area contributed by atoms with E-state index >= 15 is 0 Å². The molecule has 90 valence electrons. The van der Waals surface area contributed by atoms with Crippen LogP contribution < -0.4 is 10.1 Å². The molecule has 0 amide bonds. The van der Waals surface area contributed by atoms with Gasteiger partial charge in [-0.1, -0.05) is 26.0 Å². The summed E-state index contributed by atoms with van der Waals surface area (Å²) in [5.41, 5.74) is 1.39. The van der Waals surface area contributed by atoms with E-state index in [4.69, 9.17) is 4.74 Å². The molecule has 2 heteroatoms. The molecule has 0 aliphatic rings. The van der Waals surface area contributed by atoms with Crippen LogP contribution in [0.2, 0.25) is 0 Å². The van der Waals surface area contributed by atoms with Gasteiger partial charge in [-0.2, -0.15) is 0 Å². The Balaban J connectivity index is 2.51. The number of rotatable bonds is 6. The highest BCUT2D eigenvalue weighted by atomic mass is 16.5. The van der Waals surface area contributed by atoms with Crippen molar-refractivity contribution < 1.29 is 4.74 Å². The molecule has 1 N–H and O–H groups in total. The average Bonchev–Trinajstić information content (AvgIpc) is 2.35. The molecule has 0 heterocycles. The van der Waals surface area contributed by atoms with Crippen LogP contribution in [-0.4, -0.2) is 19.7 Å². The first-order valence-electron chi connectivity index (χ1n) is 6.07. The van der Waals surface area contributed by atoms with Crippen molar-refractivity contribution in [2.24, 2.45) is 0 Å². The van der Waals surface area contributed by atoms with E-state index in [-0.39, 0.29) is 0 Å². The summed E-state index contributed by atoms with van der Waals surface area (Å²) in [6.45, 7) is 7.27. The largest absolute Gasteiger partial charge is 0.492 e. The molecule has 2 nitrogen and oxygen atoms in total. The molecule has 16 heavy (non-hydrogen) atoms. The van der Waals surface area contributed by atoms with Crippen LogP contribution in [0.15, 0.2) is 24.3 Å². The van der Waals surface area contributed by atoms with Crippen molar-refractivity contribution in [3.05, 3.63) is 29.8 Å². The number of ether oxygens (including phenoxy) is 1. The minimum Gasteiger partial charge on any atom is -0.492 e. The molecule has 0 fully saturated rings. The second-order valence-electron chi connectivity index (χ2n) is 4.38. The fourth-order valence-corrected chi connectivity index (χ4v) is 1.43. The maximum absolute atomic E-state index is 5.66. The van der Waals surface area contributed by atoms with Crippen molar-refractivity contribution in [3.63, 3.8) is 0 Å². The first-order valence-corrected chi connectivity index (χ1v) is 6.07. The van der Waals surface area contributed by atoms with E-state index in [0.29, 0.717) is 18.6 Å². The van der Waals surface area contributed by atoms with E-state index in [1.807, 2.05) is 7.05 Å². The molecule has 2 atom stereocenters. The van der Waals surface area contributed by atoms with E-state index in [1.165, 1.54) is 12.0 Å². The molecule has 1 aromatic carbocycles. The molecule has 0 aromatic heterocycles. The fraction of sp³-hybridized carbons (Fsp3) is 0.571. The van der Waals surface area contributed by atoms with E-state index in [9.17, 15) is 0 Å². The Morgan fingerprint density at radius 1 is 1.19 bits per heavy atom. The lowest BCUT2D eigenvalue weighted by molar-refractivity contribution is 0.280. The first-order chi connectivity index (χ1) is 7.67. The number of hydrogen-bond acceptors (Lipinski definition) is 2. The van der Waals surface area contributed by atoms with Crippen molar-refractivity contribution in [3.8, 4) is 5.75 Å². The highest BCUT2D eigenvalue weighted by molar-refractivity contribution is 5.29. The minimum atomic E-state index is 0.384. The van der Waals surface area contributed by atoms with Crippen LogP contribution in [-0.2, 0) is 0 Å². The molecular weight excluding hydrogens is 198 g/mol. The SMILES string of the molecule is CCC(C)c1ccc(OCC(C)NC)cc1. The van der Waals surface area contributed by atoms with Gasteiger partial charge in [-0.3, -0.25) is 0 Å². The summed E-state index contributed by atoms with van der Waals surface area (Å²) in [7, 11) is 1.94. The predicted octanol–water partition coefficient (Wildman–Crippen LogP) is 3.19. The van der Waals surface area contributed by atoms with Gasteiger partial charge < -0.3 is 10.1 Å². The summed E-state index contributed by atoms with van der Waals surface area (Å²) in [4.78, 5) is 0. The number of benzene rings is 1.